The Hall–Kier alpha value is -2.64. The van der Waals surface area contributed by atoms with Crippen LogP contribution in [0.15, 0.2) is 59.5 Å². The van der Waals surface area contributed by atoms with E-state index >= 15 is 0 Å². The first-order chi connectivity index (χ1) is 12.5. The Bertz CT molecular complexity index is 864. The standard InChI is InChI=1S/C19H17N3O2S2/c1-13-7-9-14(10-8-13)11-16-18(24)22(19(25)26-16)12-17(23)21-20-15-5-3-2-4-6-15/h2-11,20H,12H2,1H3,(H,21,23). The molecule has 0 atom stereocenters. The molecule has 7 heteroatoms. The number of nitrogens with zero attached hydrogens (tertiary/aromatic N) is 1. The Morgan fingerprint density at radius 3 is 2.54 bits per heavy atom. The predicted molar refractivity (Wildman–Crippen MR) is 109 cm³/mol. The molecule has 2 aromatic rings. The van der Waals surface area contributed by atoms with E-state index in [-0.39, 0.29) is 18.4 Å². The molecule has 1 heterocycles. The number of thiocarbonyl (C=S) groups is 1. The van der Waals surface area contributed by atoms with E-state index in [2.05, 4.69) is 10.9 Å². The van der Waals surface area contributed by atoms with E-state index in [4.69, 9.17) is 12.2 Å². The van der Waals surface area contributed by atoms with Gasteiger partial charge in [0.2, 0.25) is 0 Å². The van der Waals surface area contributed by atoms with Crippen LogP contribution in [-0.4, -0.2) is 27.6 Å². The van der Waals surface area contributed by atoms with Crippen LogP contribution in [0.3, 0.4) is 0 Å². The van der Waals surface area contributed by atoms with Crippen molar-refractivity contribution in [3.63, 3.8) is 0 Å². The zero-order valence-electron chi connectivity index (χ0n) is 14.1. The van der Waals surface area contributed by atoms with Crippen LogP contribution < -0.4 is 10.9 Å². The van der Waals surface area contributed by atoms with Crippen molar-refractivity contribution >= 4 is 51.9 Å². The molecule has 0 aromatic heterocycles. The molecular formula is C19H17N3O2S2. The van der Waals surface area contributed by atoms with Crippen LogP contribution in [0.4, 0.5) is 5.69 Å². The minimum atomic E-state index is -0.346. The SMILES string of the molecule is Cc1ccc(C=C2SC(=S)N(CC(=O)NNc3ccccc3)C2=O)cc1. The van der Waals surface area contributed by atoms with E-state index in [1.807, 2.05) is 61.5 Å². The van der Waals surface area contributed by atoms with Gasteiger partial charge < -0.3 is 0 Å². The van der Waals surface area contributed by atoms with Gasteiger partial charge in [-0.2, -0.15) is 0 Å². The monoisotopic (exact) mass is 383 g/mol. The number of nitrogens with one attached hydrogen (secondary N) is 2. The number of para-hydroxylation sites is 1. The molecule has 5 nitrogen and oxygen atoms in total. The van der Waals surface area contributed by atoms with Gasteiger partial charge in [-0.3, -0.25) is 25.3 Å². The first kappa shape index (κ1) is 18.2. The van der Waals surface area contributed by atoms with E-state index in [0.717, 1.165) is 16.8 Å². The third-order valence-corrected chi connectivity index (χ3v) is 5.05. The summed E-state index contributed by atoms with van der Waals surface area (Å²) in [6, 6.07) is 17.1. The lowest BCUT2D eigenvalue weighted by atomic mass is 10.1. The number of benzene rings is 2. The summed E-state index contributed by atoms with van der Waals surface area (Å²) in [5.74, 6) is -0.600. The van der Waals surface area contributed by atoms with Crippen LogP contribution in [0, 0.1) is 6.92 Å². The van der Waals surface area contributed by atoms with E-state index < -0.39 is 0 Å². The molecule has 26 heavy (non-hydrogen) atoms. The van der Waals surface area contributed by atoms with Gasteiger partial charge in [-0.1, -0.05) is 72.0 Å². The van der Waals surface area contributed by atoms with Crippen molar-refractivity contribution < 1.29 is 9.59 Å². The molecule has 0 bridgehead atoms. The molecule has 2 aromatic carbocycles. The highest BCUT2D eigenvalue weighted by atomic mass is 32.2. The van der Waals surface area contributed by atoms with Crippen LogP contribution in [0.5, 0.6) is 0 Å². The van der Waals surface area contributed by atoms with Gasteiger partial charge >= 0.3 is 0 Å². The maximum atomic E-state index is 12.5. The molecule has 1 fully saturated rings. The van der Waals surface area contributed by atoms with Crippen LogP contribution in [0.2, 0.25) is 0 Å². The van der Waals surface area contributed by atoms with Gasteiger partial charge in [0.1, 0.15) is 10.9 Å². The van der Waals surface area contributed by atoms with Crippen molar-refractivity contribution in [2.24, 2.45) is 0 Å². The zero-order chi connectivity index (χ0) is 18.5. The molecular weight excluding hydrogens is 366 g/mol. The van der Waals surface area contributed by atoms with E-state index in [0.29, 0.717) is 9.23 Å². The highest BCUT2D eigenvalue weighted by Gasteiger charge is 2.33. The van der Waals surface area contributed by atoms with Crippen LogP contribution in [0.1, 0.15) is 11.1 Å². The third-order valence-electron chi connectivity index (χ3n) is 3.67. The number of aryl methyl sites for hydroxylation is 1. The van der Waals surface area contributed by atoms with E-state index in [1.165, 1.54) is 16.7 Å². The predicted octanol–water partition coefficient (Wildman–Crippen LogP) is 3.34. The highest BCUT2D eigenvalue weighted by Crippen LogP contribution is 2.32. The summed E-state index contributed by atoms with van der Waals surface area (Å²) in [5.41, 5.74) is 8.20. The summed E-state index contributed by atoms with van der Waals surface area (Å²) >= 11 is 6.46. The lowest BCUT2D eigenvalue weighted by Gasteiger charge is -2.15. The number of hydrazine groups is 1. The van der Waals surface area contributed by atoms with Crippen LogP contribution in [-0.2, 0) is 9.59 Å². The van der Waals surface area contributed by atoms with Gasteiger partial charge in [-0.05, 0) is 30.7 Å². The summed E-state index contributed by atoms with van der Waals surface area (Å²) < 4.78 is 0.378. The van der Waals surface area contributed by atoms with Gasteiger partial charge in [0, 0.05) is 0 Å². The zero-order valence-corrected chi connectivity index (χ0v) is 15.7. The second-order valence-corrected chi connectivity index (χ2v) is 7.39. The van der Waals surface area contributed by atoms with Crippen molar-refractivity contribution in [1.29, 1.82) is 0 Å². The summed E-state index contributed by atoms with van der Waals surface area (Å²) in [7, 11) is 0. The molecule has 2 N–H and O–H groups in total. The largest absolute Gasteiger partial charge is 0.299 e. The summed E-state index contributed by atoms with van der Waals surface area (Å²) in [5, 5.41) is 0. The number of thioether (sulfide) groups is 1. The van der Waals surface area contributed by atoms with Gasteiger partial charge in [-0.15, -0.1) is 0 Å². The topological polar surface area (TPSA) is 61.4 Å². The number of anilines is 1. The average Bonchev–Trinajstić information content (AvgIpc) is 2.90. The molecule has 132 valence electrons. The Kier molecular flexibility index (Phi) is 5.70. The normalized spacial score (nSPS) is 15.4. The molecule has 1 saturated heterocycles. The fourth-order valence-corrected chi connectivity index (χ4v) is 3.55. The molecule has 0 saturated carbocycles. The fourth-order valence-electron chi connectivity index (χ4n) is 2.30. The van der Waals surface area contributed by atoms with Crippen molar-refractivity contribution in [3.8, 4) is 0 Å². The Labute approximate surface area is 161 Å². The Morgan fingerprint density at radius 2 is 1.85 bits per heavy atom. The minimum absolute atomic E-state index is 0.129. The minimum Gasteiger partial charge on any atom is -0.299 e. The quantitative estimate of drug-likeness (QED) is 0.471. The third kappa shape index (κ3) is 4.50. The van der Waals surface area contributed by atoms with Crippen molar-refractivity contribution in [1.82, 2.24) is 10.3 Å². The van der Waals surface area contributed by atoms with Crippen LogP contribution in [0.25, 0.3) is 6.08 Å². The molecule has 0 unspecified atom stereocenters. The van der Waals surface area contributed by atoms with Gasteiger partial charge in [-0.25, -0.2) is 0 Å². The Balaban J connectivity index is 1.61. The van der Waals surface area contributed by atoms with E-state index in [1.54, 1.807) is 6.08 Å². The van der Waals surface area contributed by atoms with E-state index in [9.17, 15) is 9.59 Å². The number of hydrogen-bond donors (Lipinski definition) is 2. The smallest absolute Gasteiger partial charge is 0.266 e. The number of carbonyl (C=O) groups excluding carboxylic acids is 2. The maximum absolute atomic E-state index is 12.5. The first-order valence-electron chi connectivity index (χ1n) is 7.95. The van der Waals surface area contributed by atoms with Crippen molar-refractivity contribution in [2.45, 2.75) is 6.92 Å². The lowest BCUT2D eigenvalue weighted by Crippen LogP contribution is -2.41. The summed E-state index contributed by atoms with van der Waals surface area (Å²) in [6.07, 6.45) is 1.79. The molecule has 3 rings (SSSR count). The maximum Gasteiger partial charge on any atom is 0.266 e. The fraction of sp³-hybridized carbons (Fsp3) is 0.105. The molecule has 1 aliphatic rings. The van der Waals surface area contributed by atoms with Gasteiger partial charge in [0.05, 0.1) is 10.6 Å². The first-order valence-corrected chi connectivity index (χ1v) is 9.17. The lowest BCUT2D eigenvalue weighted by molar-refractivity contribution is -0.128. The second-order valence-electron chi connectivity index (χ2n) is 5.72. The van der Waals surface area contributed by atoms with Crippen molar-refractivity contribution in [3.05, 3.63) is 70.6 Å². The number of rotatable bonds is 5. The number of carbonyl (C=O) groups is 2. The van der Waals surface area contributed by atoms with Crippen molar-refractivity contribution in [2.75, 3.05) is 12.0 Å². The van der Waals surface area contributed by atoms with Gasteiger partial charge in [0.15, 0.2) is 0 Å². The average molecular weight is 383 g/mol. The molecule has 2 amide bonds. The summed E-state index contributed by atoms with van der Waals surface area (Å²) in [6.45, 7) is 1.88. The van der Waals surface area contributed by atoms with Gasteiger partial charge in [0.25, 0.3) is 11.8 Å². The molecule has 0 spiro atoms. The summed E-state index contributed by atoms with van der Waals surface area (Å²) in [4.78, 5) is 26.5. The number of hydrogen-bond acceptors (Lipinski definition) is 5. The molecule has 0 radical (unpaired) electrons. The van der Waals surface area contributed by atoms with Crippen LogP contribution >= 0.6 is 24.0 Å². The highest BCUT2D eigenvalue weighted by molar-refractivity contribution is 8.26. The molecule has 0 aliphatic carbocycles. The molecule has 1 aliphatic heterocycles. The Morgan fingerprint density at radius 1 is 1.15 bits per heavy atom. The number of amides is 2. The second kappa shape index (κ2) is 8.16.